The fraction of sp³-hybridized carbons (Fsp3) is 0.600. The average molecular weight is 264 g/mol. The van der Waals surface area contributed by atoms with Crippen molar-refractivity contribution in [1.82, 2.24) is 4.90 Å². The van der Waals surface area contributed by atoms with E-state index in [9.17, 15) is 5.11 Å². The molecule has 0 bridgehead atoms. The molecular weight excluding hydrogens is 240 g/mol. The molecule has 0 spiro atoms. The summed E-state index contributed by atoms with van der Waals surface area (Å²) in [6.45, 7) is 6.12. The first kappa shape index (κ1) is 14.2. The minimum absolute atomic E-state index is 0.0707. The summed E-state index contributed by atoms with van der Waals surface area (Å²) in [6, 6.07) is 6.93. The molecule has 1 aromatic rings. The molecule has 0 saturated carbocycles. The van der Waals surface area contributed by atoms with Gasteiger partial charge in [-0.15, -0.1) is 0 Å². The lowest BCUT2D eigenvalue weighted by molar-refractivity contribution is 0.152. The van der Waals surface area contributed by atoms with Crippen LogP contribution in [0.15, 0.2) is 24.3 Å². The topological polar surface area (TPSA) is 58.7 Å². The van der Waals surface area contributed by atoms with Crippen LogP contribution in [0.1, 0.15) is 19.8 Å². The van der Waals surface area contributed by atoms with Crippen LogP contribution in [0.25, 0.3) is 0 Å². The number of hydrogen-bond donors (Lipinski definition) is 2. The highest BCUT2D eigenvalue weighted by atomic mass is 16.5. The summed E-state index contributed by atoms with van der Waals surface area (Å²) in [5.41, 5.74) is 6.22. The van der Waals surface area contributed by atoms with Gasteiger partial charge >= 0.3 is 0 Å². The molecule has 1 aliphatic rings. The molecule has 1 saturated heterocycles. The average Bonchev–Trinajstić information content (AvgIpc) is 2.45. The van der Waals surface area contributed by atoms with Crippen molar-refractivity contribution < 1.29 is 9.84 Å². The van der Waals surface area contributed by atoms with Crippen molar-refractivity contribution in [3.8, 4) is 11.5 Å². The first-order chi connectivity index (χ1) is 9.19. The highest BCUT2D eigenvalue weighted by Gasteiger charge is 2.23. The first-order valence-electron chi connectivity index (χ1n) is 7.08. The van der Waals surface area contributed by atoms with E-state index in [4.69, 9.17) is 10.5 Å². The van der Waals surface area contributed by atoms with Crippen LogP contribution in [0.5, 0.6) is 11.5 Å². The quantitative estimate of drug-likeness (QED) is 0.852. The van der Waals surface area contributed by atoms with Gasteiger partial charge in [0.15, 0.2) is 0 Å². The zero-order valence-electron chi connectivity index (χ0n) is 11.6. The predicted octanol–water partition coefficient (Wildman–Crippen LogP) is 1.83. The molecule has 1 heterocycles. The summed E-state index contributed by atoms with van der Waals surface area (Å²) in [5.74, 6) is 1.45. The second-order valence-corrected chi connectivity index (χ2v) is 5.24. The van der Waals surface area contributed by atoms with Crippen molar-refractivity contribution in [3.63, 3.8) is 0 Å². The molecule has 2 rings (SSSR count). The van der Waals surface area contributed by atoms with Crippen molar-refractivity contribution in [3.05, 3.63) is 24.3 Å². The molecule has 0 radical (unpaired) electrons. The second kappa shape index (κ2) is 6.78. The number of aromatic hydroxyl groups is 1. The number of hydrogen-bond acceptors (Lipinski definition) is 4. The van der Waals surface area contributed by atoms with Gasteiger partial charge in [0.1, 0.15) is 18.1 Å². The summed E-state index contributed by atoms with van der Waals surface area (Å²) >= 11 is 0. The summed E-state index contributed by atoms with van der Waals surface area (Å²) in [7, 11) is 0. The minimum atomic E-state index is 0.0707. The normalized spacial score (nSPS) is 19.3. The molecule has 106 valence electrons. The van der Waals surface area contributed by atoms with Gasteiger partial charge in [0, 0.05) is 12.1 Å². The molecule has 1 aliphatic heterocycles. The van der Waals surface area contributed by atoms with E-state index in [0.717, 1.165) is 32.5 Å². The number of ether oxygens (including phenoxy) is 1. The van der Waals surface area contributed by atoms with Crippen molar-refractivity contribution in [2.45, 2.75) is 25.8 Å². The van der Waals surface area contributed by atoms with Crippen LogP contribution in [0.4, 0.5) is 0 Å². The van der Waals surface area contributed by atoms with Crippen molar-refractivity contribution in [1.29, 1.82) is 0 Å². The van der Waals surface area contributed by atoms with Crippen LogP contribution < -0.4 is 10.5 Å². The molecule has 4 heteroatoms. The van der Waals surface area contributed by atoms with E-state index in [1.807, 2.05) is 6.07 Å². The molecule has 1 unspecified atom stereocenters. The molecule has 0 aliphatic carbocycles. The summed E-state index contributed by atoms with van der Waals surface area (Å²) < 4.78 is 5.66. The van der Waals surface area contributed by atoms with E-state index < -0.39 is 0 Å². The van der Waals surface area contributed by atoms with Crippen LogP contribution in [0, 0.1) is 5.92 Å². The Bertz CT molecular complexity index is 389. The smallest absolute Gasteiger partial charge is 0.123 e. The third kappa shape index (κ3) is 4.11. The number of piperidine rings is 1. The van der Waals surface area contributed by atoms with Gasteiger partial charge < -0.3 is 20.5 Å². The number of benzene rings is 1. The lowest BCUT2D eigenvalue weighted by atomic mass is 9.90. The maximum Gasteiger partial charge on any atom is 0.123 e. The lowest BCUT2D eigenvalue weighted by Crippen LogP contribution is -2.43. The Morgan fingerprint density at radius 3 is 2.79 bits per heavy atom. The first-order valence-corrected chi connectivity index (χ1v) is 7.08. The van der Waals surface area contributed by atoms with Crippen LogP contribution in [0.3, 0.4) is 0 Å². The molecule has 19 heavy (non-hydrogen) atoms. The van der Waals surface area contributed by atoms with E-state index in [2.05, 4.69) is 11.8 Å². The van der Waals surface area contributed by atoms with E-state index in [1.54, 1.807) is 18.2 Å². The third-order valence-corrected chi connectivity index (χ3v) is 3.95. The van der Waals surface area contributed by atoms with E-state index in [1.165, 1.54) is 0 Å². The highest BCUT2D eigenvalue weighted by molar-refractivity contribution is 5.31. The molecular formula is C15H24N2O2. The Morgan fingerprint density at radius 1 is 1.42 bits per heavy atom. The van der Waals surface area contributed by atoms with Crippen LogP contribution >= 0.6 is 0 Å². The fourth-order valence-electron chi connectivity index (χ4n) is 2.60. The Labute approximate surface area is 115 Å². The number of phenolic OH excluding ortho intramolecular Hbond substituents is 1. The second-order valence-electron chi connectivity index (χ2n) is 5.24. The monoisotopic (exact) mass is 264 g/mol. The number of rotatable bonds is 5. The zero-order chi connectivity index (χ0) is 13.7. The Morgan fingerprint density at radius 2 is 2.16 bits per heavy atom. The van der Waals surface area contributed by atoms with Gasteiger partial charge in [0.2, 0.25) is 0 Å². The van der Waals surface area contributed by atoms with Crippen molar-refractivity contribution >= 4 is 0 Å². The van der Waals surface area contributed by atoms with Crippen LogP contribution in [-0.4, -0.2) is 42.3 Å². The van der Waals surface area contributed by atoms with Crippen LogP contribution in [-0.2, 0) is 0 Å². The Hall–Kier alpha value is -1.26. The maximum absolute atomic E-state index is 9.37. The standard InChI is InChI=1S/C15H24N2O2/c1-2-17-8-6-12(7-9-17)15(16)11-19-14-5-3-4-13(18)10-14/h3-5,10,12,15,18H,2,6-9,11,16H2,1H3. The SMILES string of the molecule is CCN1CCC(C(N)COc2cccc(O)c2)CC1. The zero-order valence-corrected chi connectivity index (χ0v) is 11.6. The molecule has 3 N–H and O–H groups in total. The van der Waals surface area contributed by atoms with Gasteiger partial charge in [0.25, 0.3) is 0 Å². The van der Waals surface area contributed by atoms with Gasteiger partial charge in [-0.3, -0.25) is 0 Å². The highest BCUT2D eigenvalue weighted by Crippen LogP contribution is 2.22. The maximum atomic E-state index is 9.37. The van der Waals surface area contributed by atoms with E-state index in [0.29, 0.717) is 18.3 Å². The van der Waals surface area contributed by atoms with Crippen molar-refractivity contribution in [2.75, 3.05) is 26.2 Å². The predicted molar refractivity (Wildman–Crippen MR) is 76.4 cm³/mol. The number of nitrogens with zero attached hydrogens (tertiary/aromatic N) is 1. The molecule has 0 amide bonds. The number of nitrogens with two attached hydrogens (primary N) is 1. The molecule has 0 aromatic heterocycles. The summed E-state index contributed by atoms with van der Waals surface area (Å²) in [6.07, 6.45) is 2.30. The number of phenols is 1. The largest absolute Gasteiger partial charge is 0.508 e. The Balaban J connectivity index is 1.77. The van der Waals surface area contributed by atoms with Gasteiger partial charge in [-0.2, -0.15) is 0 Å². The number of likely N-dealkylation sites (tertiary alicyclic amines) is 1. The molecule has 1 aromatic carbocycles. The van der Waals surface area contributed by atoms with Gasteiger partial charge in [-0.25, -0.2) is 0 Å². The Kier molecular flexibility index (Phi) is 5.05. The molecule has 1 atom stereocenters. The van der Waals surface area contributed by atoms with Crippen molar-refractivity contribution in [2.24, 2.45) is 11.7 Å². The van der Waals surface area contributed by atoms with E-state index in [-0.39, 0.29) is 11.8 Å². The molecule has 4 nitrogen and oxygen atoms in total. The van der Waals surface area contributed by atoms with Gasteiger partial charge in [-0.1, -0.05) is 13.0 Å². The summed E-state index contributed by atoms with van der Waals surface area (Å²) in [4.78, 5) is 2.46. The summed E-state index contributed by atoms with van der Waals surface area (Å²) in [5, 5.41) is 9.37. The minimum Gasteiger partial charge on any atom is -0.508 e. The van der Waals surface area contributed by atoms with Gasteiger partial charge in [-0.05, 0) is 50.5 Å². The third-order valence-electron chi connectivity index (χ3n) is 3.95. The van der Waals surface area contributed by atoms with Gasteiger partial charge in [0.05, 0.1) is 0 Å². The van der Waals surface area contributed by atoms with Crippen LogP contribution in [0.2, 0.25) is 0 Å². The molecule has 1 fully saturated rings. The lowest BCUT2D eigenvalue weighted by Gasteiger charge is -2.33. The van der Waals surface area contributed by atoms with E-state index >= 15 is 0 Å². The fourth-order valence-corrected chi connectivity index (χ4v) is 2.60.